The Kier molecular flexibility index (Phi) is 5.64. The van der Waals surface area contributed by atoms with Gasteiger partial charge in [-0.05, 0) is 30.6 Å². The van der Waals surface area contributed by atoms with Gasteiger partial charge in [0, 0.05) is 26.4 Å². The van der Waals surface area contributed by atoms with Crippen molar-refractivity contribution in [2.75, 3.05) is 18.9 Å². The third kappa shape index (κ3) is 4.89. The molecule has 0 aliphatic heterocycles. The molecule has 3 N–H and O–H groups in total. The summed E-state index contributed by atoms with van der Waals surface area (Å²) in [6.07, 6.45) is 2.55. The number of anilines is 1. The van der Waals surface area contributed by atoms with Gasteiger partial charge in [-0.3, -0.25) is 4.79 Å². The van der Waals surface area contributed by atoms with E-state index in [1.807, 2.05) is 7.05 Å². The van der Waals surface area contributed by atoms with Crippen LogP contribution in [0.4, 0.5) is 5.69 Å². The second-order valence-electron chi connectivity index (χ2n) is 6.99. The summed E-state index contributed by atoms with van der Waals surface area (Å²) in [5.74, 6) is -0.0958. The predicted molar refractivity (Wildman–Crippen MR) is 89.9 cm³/mol. The van der Waals surface area contributed by atoms with Crippen LogP contribution in [0, 0.1) is 0 Å². The highest BCUT2D eigenvalue weighted by molar-refractivity contribution is 6.74. The van der Waals surface area contributed by atoms with E-state index >= 15 is 0 Å². The quantitative estimate of drug-likeness (QED) is 0.627. The van der Waals surface area contributed by atoms with Gasteiger partial charge in [-0.15, -0.1) is 0 Å². The highest BCUT2D eigenvalue weighted by Crippen LogP contribution is 2.36. The van der Waals surface area contributed by atoms with Crippen LogP contribution in [0.15, 0.2) is 12.3 Å². The van der Waals surface area contributed by atoms with Crippen LogP contribution in [-0.4, -0.2) is 31.9 Å². The molecular formula is C15H29N3O2Si. The van der Waals surface area contributed by atoms with Crippen molar-refractivity contribution >= 4 is 19.9 Å². The smallest absolute Gasteiger partial charge is 0.267 e. The van der Waals surface area contributed by atoms with Gasteiger partial charge in [0.15, 0.2) is 8.32 Å². The number of nitrogens with two attached hydrogens (primary N) is 1. The summed E-state index contributed by atoms with van der Waals surface area (Å²) in [7, 11) is 0.126. The minimum absolute atomic E-state index is 0.0958. The lowest BCUT2D eigenvalue weighted by Gasteiger charge is -2.36. The van der Waals surface area contributed by atoms with Gasteiger partial charge in [-0.2, -0.15) is 0 Å². The summed E-state index contributed by atoms with van der Waals surface area (Å²) in [5, 5.41) is 3.12. The van der Waals surface area contributed by atoms with Crippen molar-refractivity contribution in [1.29, 1.82) is 0 Å². The number of carbonyl (C=O) groups is 1. The third-order valence-electron chi connectivity index (χ3n) is 4.13. The summed E-state index contributed by atoms with van der Waals surface area (Å²) >= 11 is 0. The Hall–Kier alpha value is -1.27. The second kappa shape index (κ2) is 6.66. The summed E-state index contributed by atoms with van der Waals surface area (Å²) < 4.78 is 7.80. The van der Waals surface area contributed by atoms with E-state index in [0.717, 1.165) is 6.42 Å². The van der Waals surface area contributed by atoms with Gasteiger partial charge in [0.25, 0.3) is 5.91 Å². The van der Waals surface area contributed by atoms with Gasteiger partial charge < -0.3 is 20.0 Å². The molecule has 0 bridgehead atoms. The normalized spacial score (nSPS) is 12.5. The molecule has 0 aromatic carbocycles. The first-order valence-electron chi connectivity index (χ1n) is 7.38. The highest BCUT2D eigenvalue weighted by atomic mass is 28.4. The van der Waals surface area contributed by atoms with E-state index in [0.29, 0.717) is 24.5 Å². The van der Waals surface area contributed by atoms with Crippen LogP contribution in [0.3, 0.4) is 0 Å². The molecule has 21 heavy (non-hydrogen) atoms. The van der Waals surface area contributed by atoms with Crippen molar-refractivity contribution < 1.29 is 9.22 Å². The molecule has 0 aliphatic carbocycles. The van der Waals surface area contributed by atoms with Gasteiger partial charge in [0.1, 0.15) is 5.69 Å². The number of aryl methyl sites for hydroxylation is 1. The molecule has 1 rings (SSSR count). The SMILES string of the molecule is Cn1cc(N)cc1C(=O)NCCCO[Si](C)(C)C(C)(C)C. The van der Waals surface area contributed by atoms with E-state index in [2.05, 4.69) is 39.2 Å². The lowest BCUT2D eigenvalue weighted by molar-refractivity contribution is 0.0943. The van der Waals surface area contributed by atoms with Gasteiger partial charge >= 0.3 is 0 Å². The fraction of sp³-hybridized carbons (Fsp3) is 0.667. The maximum Gasteiger partial charge on any atom is 0.267 e. The minimum Gasteiger partial charge on any atom is -0.417 e. The number of carbonyl (C=O) groups excluding carboxylic acids is 1. The van der Waals surface area contributed by atoms with Gasteiger partial charge in [-0.25, -0.2) is 0 Å². The molecule has 0 atom stereocenters. The molecule has 6 heteroatoms. The van der Waals surface area contributed by atoms with Crippen LogP contribution in [-0.2, 0) is 11.5 Å². The molecule has 0 spiro atoms. The monoisotopic (exact) mass is 311 g/mol. The van der Waals surface area contributed by atoms with Crippen LogP contribution < -0.4 is 11.1 Å². The molecule has 0 fully saturated rings. The number of rotatable bonds is 6. The van der Waals surface area contributed by atoms with Crippen LogP contribution in [0.25, 0.3) is 0 Å². The lowest BCUT2D eigenvalue weighted by Crippen LogP contribution is -2.41. The van der Waals surface area contributed by atoms with Crippen molar-refractivity contribution in [3.63, 3.8) is 0 Å². The largest absolute Gasteiger partial charge is 0.417 e. The maximum absolute atomic E-state index is 12.0. The van der Waals surface area contributed by atoms with Crippen molar-refractivity contribution in [1.82, 2.24) is 9.88 Å². The number of hydrogen-bond donors (Lipinski definition) is 2. The number of hydrogen-bond acceptors (Lipinski definition) is 3. The minimum atomic E-state index is -1.68. The molecule has 0 aliphatic rings. The Labute approximate surface area is 129 Å². The topological polar surface area (TPSA) is 69.3 Å². The van der Waals surface area contributed by atoms with Gasteiger partial charge in [0.2, 0.25) is 0 Å². The number of amides is 1. The van der Waals surface area contributed by atoms with E-state index in [1.165, 1.54) is 0 Å². The number of nitrogens with one attached hydrogen (secondary N) is 1. The van der Waals surface area contributed by atoms with E-state index in [4.69, 9.17) is 10.2 Å². The summed E-state index contributed by atoms with van der Waals surface area (Å²) in [6, 6.07) is 1.68. The Balaban J connectivity index is 2.32. The molecule has 1 aromatic rings. The maximum atomic E-state index is 12.0. The van der Waals surface area contributed by atoms with Crippen molar-refractivity contribution in [2.45, 2.75) is 45.3 Å². The summed E-state index contributed by atoms with van der Waals surface area (Å²) in [4.78, 5) is 12.0. The van der Waals surface area contributed by atoms with Gasteiger partial charge in [0.05, 0.1) is 5.69 Å². The Morgan fingerprint density at radius 2 is 2.05 bits per heavy atom. The second-order valence-corrected chi connectivity index (χ2v) is 11.8. The molecule has 1 heterocycles. The Morgan fingerprint density at radius 1 is 1.43 bits per heavy atom. The van der Waals surface area contributed by atoms with Crippen molar-refractivity contribution in [3.8, 4) is 0 Å². The molecule has 0 saturated carbocycles. The van der Waals surface area contributed by atoms with Crippen molar-refractivity contribution in [3.05, 3.63) is 18.0 Å². The average Bonchev–Trinajstić information content (AvgIpc) is 2.66. The zero-order valence-electron chi connectivity index (χ0n) is 14.1. The number of nitrogen functional groups attached to an aromatic ring is 1. The van der Waals surface area contributed by atoms with E-state index in [9.17, 15) is 4.79 Å². The fourth-order valence-electron chi connectivity index (χ4n) is 1.72. The fourth-order valence-corrected chi connectivity index (χ4v) is 2.81. The first-order chi connectivity index (χ1) is 9.54. The van der Waals surface area contributed by atoms with Crippen LogP contribution in [0.1, 0.15) is 37.7 Å². The number of aromatic nitrogens is 1. The zero-order chi connectivity index (χ0) is 16.3. The Bertz CT molecular complexity index is 490. The first-order valence-corrected chi connectivity index (χ1v) is 10.3. The molecule has 0 unspecified atom stereocenters. The molecule has 120 valence electrons. The predicted octanol–water partition coefficient (Wildman–Crippen LogP) is 2.75. The van der Waals surface area contributed by atoms with E-state index in [-0.39, 0.29) is 10.9 Å². The molecular weight excluding hydrogens is 282 g/mol. The summed E-state index contributed by atoms with van der Waals surface area (Å²) in [6.45, 7) is 12.4. The van der Waals surface area contributed by atoms with Crippen LogP contribution in [0.5, 0.6) is 0 Å². The van der Waals surface area contributed by atoms with E-state index < -0.39 is 8.32 Å². The molecule has 5 nitrogen and oxygen atoms in total. The van der Waals surface area contributed by atoms with Crippen LogP contribution >= 0.6 is 0 Å². The number of nitrogens with zero attached hydrogens (tertiary/aromatic N) is 1. The summed E-state index contributed by atoms with van der Waals surface area (Å²) in [5.41, 5.74) is 6.85. The molecule has 0 saturated heterocycles. The van der Waals surface area contributed by atoms with Crippen LogP contribution in [0.2, 0.25) is 18.1 Å². The Morgan fingerprint density at radius 3 is 2.52 bits per heavy atom. The average molecular weight is 312 g/mol. The standard InChI is InChI=1S/C15H29N3O2Si/c1-15(2,3)21(5,6)20-9-7-8-17-14(19)13-10-12(16)11-18(13)4/h10-11H,7-9,16H2,1-6H3,(H,17,19). The third-order valence-corrected chi connectivity index (χ3v) is 8.67. The molecule has 1 aromatic heterocycles. The van der Waals surface area contributed by atoms with Crippen molar-refractivity contribution in [2.24, 2.45) is 7.05 Å². The van der Waals surface area contributed by atoms with Gasteiger partial charge in [-0.1, -0.05) is 20.8 Å². The zero-order valence-corrected chi connectivity index (χ0v) is 15.1. The van der Waals surface area contributed by atoms with E-state index in [1.54, 1.807) is 16.8 Å². The molecule has 0 radical (unpaired) electrons. The molecule has 1 amide bonds. The lowest BCUT2D eigenvalue weighted by atomic mass is 10.2. The first kappa shape index (κ1) is 17.8. The highest BCUT2D eigenvalue weighted by Gasteiger charge is 2.36.